The second-order valence-corrected chi connectivity index (χ2v) is 9.56. The molecule has 0 aliphatic carbocycles. The van der Waals surface area contributed by atoms with Crippen LogP contribution in [-0.4, -0.2) is 45.6 Å². The molecule has 0 unspecified atom stereocenters. The van der Waals surface area contributed by atoms with Crippen LogP contribution in [0, 0.1) is 29.5 Å². The van der Waals surface area contributed by atoms with Crippen molar-refractivity contribution in [2.45, 2.75) is 40.8 Å². The van der Waals surface area contributed by atoms with Gasteiger partial charge in [-0.15, -0.1) is 0 Å². The standard InChI is InChI=1S/C24H29FN6/c1-17-11-19(25)5-6-21(17)30-9-7-29(8-10-30)15-20-12-18-14-27-22(13-26)28-23(18)31(20)16-24(2,3)4/h5-6,11-12,14H,7-10,15-16H2,1-4H3. The first-order valence-corrected chi connectivity index (χ1v) is 10.7. The minimum absolute atomic E-state index is 0.0806. The quantitative estimate of drug-likeness (QED) is 0.635. The Kier molecular flexibility index (Phi) is 5.67. The molecule has 1 saturated heterocycles. The van der Waals surface area contributed by atoms with Crippen LogP contribution in [0.2, 0.25) is 0 Å². The van der Waals surface area contributed by atoms with Gasteiger partial charge in [0.2, 0.25) is 5.82 Å². The minimum Gasteiger partial charge on any atom is -0.369 e. The lowest BCUT2D eigenvalue weighted by Crippen LogP contribution is -2.46. The molecule has 0 N–H and O–H groups in total. The molecule has 0 saturated carbocycles. The molecule has 4 rings (SSSR count). The maximum Gasteiger partial charge on any atom is 0.234 e. The number of halogens is 1. The van der Waals surface area contributed by atoms with Crippen molar-refractivity contribution in [1.29, 1.82) is 5.26 Å². The van der Waals surface area contributed by atoms with Crippen LogP contribution < -0.4 is 4.90 Å². The second kappa shape index (κ2) is 8.27. The number of piperazine rings is 1. The van der Waals surface area contributed by atoms with Crippen LogP contribution in [0.4, 0.5) is 10.1 Å². The minimum atomic E-state index is -0.186. The van der Waals surface area contributed by atoms with E-state index in [2.05, 4.69) is 57.2 Å². The molecule has 1 aromatic carbocycles. The monoisotopic (exact) mass is 420 g/mol. The van der Waals surface area contributed by atoms with Crippen molar-refractivity contribution in [3.8, 4) is 6.07 Å². The summed E-state index contributed by atoms with van der Waals surface area (Å²) in [6.45, 7) is 13.9. The summed E-state index contributed by atoms with van der Waals surface area (Å²) in [7, 11) is 0. The molecule has 1 aliphatic rings. The van der Waals surface area contributed by atoms with E-state index in [1.54, 1.807) is 12.3 Å². The first-order chi connectivity index (χ1) is 14.7. The van der Waals surface area contributed by atoms with Crippen molar-refractivity contribution >= 4 is 16.7 Å². The Balaban J connectivity index is 1.53. The number of nitriles is 1. The molecule has 0 bridgehead atoms. The normalized spacial score (nSPS) is 15.4. The van der Waals surface area contributed by atoms with Gasteiger partial charge in [-0.2, -0.15) is 5.26 Å². The van der Waals surface area contributed by atoms with Gasteiger partial charge in [0.15, 0.2) is 0 Å². The number of anilines is 1. The van der Waals surface area contributed by atoms with Gasteiger partial charge in [0.1, 0.15) is 17.5 Å². The first kappa shape index (κ1) is 21.3. The molecule has 0 atom stereocenters. The Hall–Kier alpha value is -2.98. The number of nitrogens with zero attached hydrogens (tertiary/aromatic N) is 6. The topological polar surface area (TPSA) is 61.0 Å². The van der Waals surface area contributed by atoms with Crippen LogP contribution in [0.1, 0.15) is 37.9 Å². The molecule has 0 radical (unpaired) electrons. The molecule has 6 nitrogen and oxygen atoms in total. The fourth-order valence-corrected chi connectivity index (χ4v) is 4.28. The second-order valence-electron chi connectivity index (χ2n) is 9.56. The van der Waals surface area contributed by atoms with Crippen molar-refractivity contribution in [3.63, 3.8) is 0 Å². The van der Waals surface area contributed by atoms with E-state index in [0.717, 1.165) is 61.6 Å². The van der Waals surface area contributed by atoms with Crippen LogP contribution in [0.25, 0.3) is 11.0 Å². The van der Waals surface area contributed by atoms with Gasteiger partial charge >= 0.3 is 0 Å². The van der Waals surface area contributed by atoms with Crippen LogP contribution in [0.15, 0.2) is 30.5 Å². The Bertz CT molecular complexity index is 1130. The van der Waals surface area contributed by atoms with Gasteiger partial charge in [-0.05, 0) is 42.2 Å². The fraction of sp³-hybridized carbons (Fsp3) is 0.458. The molecule has 162 valence electrons. The summed E-state index contributed by atoms with van der Waals surface area (Å²) in [4.78, 5) is 13.4. The van der Waals surface area contributed by atoms with E-state index in [1.165, 1.54) is 11.8 Å². The number of fused-ring (bicyclic) bond motifs is 1. The maximum absolute atomic E-state index is 13.5. The molecule has 3 aromatic rings. The molecular formula is C24H29FN6. The zero-order chi connectivity index (χ0) is 22.2. The van der Waals surface area contributed by atoms with Gasteiger partial charge in [0.05, 0.1) is 0 Å². The first-order valence-electron chi connectivity index (χ1n) is 10.7. The molecule has 0 amide bonds. The Morgan fingerprint density at radius 2 is 1.87 bits per heavy atom. The van der Waals surface area contributed by atoms with E-state index in [0.29, 0.717) is 0 Å². The summed E-state index contributed by atoms with van der Waals surface area (Å²) >= 11 is 0. The lowest BCUT2D eigenvalue weighted by molar-refractivity contribution is 0.239. The number of hydrogen-bond donors (Lipinski definition) is 0. The van der Waals surface area contributed by atoms with Gasteiger partial charge < -0.3 is 9.47 Å². The number of aryl methyl sites for hydroxylation is 1. The zero-order valence-corrected chi connectivity index (χ0v) is 18.7. The third-order valence-electron chi connectivity index (χ3n) is 5.71. The average molecular weight is 421 g/mol. The molecular weight excluding hydrogens is 391 g/mol. The van der Waals surface area contributed by atoms with Crippen LogP contribution in [-0.2, 0) is 13.1 Å². The summed E-state index contributed by atoms with van der Waals surface area (Å²) in [5.74, 6) is 0.0183. The van der Waals surface area contributed by atoms with Crippen LogP contribution >= 0.6 is 0 Å². The highest BCUT2D eigenvalue weighted by atomic mass is 19.1. The van der Waals surface area contributed by atoms with E-state index in [9.17, 15) is 9.65 Å². The SMILES string of the molecule is Cc1cc(F)ccc1N1CCN(Cc2cc3cnc(C#N)nc3n2CC(C)(C)C)CC1. The largest absolute Gasteiger partial charge is 0.369 e. The van der Waals surface area contributed by atoms with E-state index in [4.69, 9.17) is 0 Å². The van der Waals surface area contributed by atoms with E-state index in [1.807, 2.05) is 13.0 Å². The van der Waals surface area contributed by atoms with Gasteiger partial charge in [0.25, 0.3) is 0 Å². The molecule has 31 heavy (non-hydrogen) atoms. The molecule has 1 fully saturated rings. The van der Waals surface area contributed by atoms with E-state index in [-0.39, 0.29) is 17.1 Å². The van der Waals surface area contributed by atoms with Gasteiger partial charge in [0, 0.05) is 62.2 Å². The molecule has 7 heteroatoms. The third kappa shape index (κ3) is 4.70. The van der Waals surface area contributed by atoms with Crippen molar-refractivity contribution in [3.05, 3.63) is 53.4 Å². The third-order valence-corrected chi connectivity index (χ3v) is 5.71. The van der Waals surface area contributed by atoms with Crippen molar-refractivity contribution in [2.75, 3.05) is 31.1 Å². The van der Waals surface area contributed by atoms with Crippen LogP contribution in [0.5, 0.6) is 0 Å². The predicted molar refractivity (Wildman–Crippen MR) is 120 cm³/mol. The zero-order valence-electron chi connectivity index (χ0n) is 18.7. The van der Waals surface area contributed by atoms with Crippen LogP contribution in [0.3, 0.4) is 0 Å². The van der Waals surface area contributed by atoms with E-state index >= 15 is 0 Å². The molecule has 0 spiro atoms. The Morgan fingerprint density at radius 1 is 1.13 bits per heavy atom. The van der Waals surface area contributed by atoms with Gasteiger partial charge in [-0.1, -0.05) is 20.8 Å². The summed E-state index contributed by atoms with van der Waals surface area (Å²) in [5, 5.41) is 10.2. The van der Waals surface area contributed by atoms with Crippen molar-refractivity contribution in [1.82, 2.24) is 19.4 Å². The van der Waals surface area contributed by atoms with Gasteiger partial charge in [-0.3, -0.25) is 4.90 Å². The predicted octanol–water partition coefficient (Wildman–Crippen LogP) is 4.12. The lowest BCUT2D eigenvalue weighted by Gasteiger charge is -2.37. The maximum atomic E-state index is 13.5. The Labute approximate surface area is 182 Å². The Morgan fingerprint density at radius 3 is 2.52 bits per heavy atom. The fourth-order valence-electron chi connectivity index (χ4n) is 4.28. The number of benzene rings is 1. The van der Waals surface area contributed by atoms with Gasteiger partial charge in [-0.25, -0.2) is 14.4 Å². The lowest BCUT2D eigenvalue weighted by atomic mass is 9.97. The smallest absolute Gasteiger partial charge is 0.234 e. The molecule has 3 heterocycles. The van der Waals surface area contributed by atoms with Crippen molar-refractivity contribution < 1.29 is 4.39 Å². The molecule has 2 aromatic heterocycles. The van der Waals surface area contributed by atoms with E-state index < -0.39 is 0 Å². The average Bonchev–Trinajstić information content (AvgIpc) is 3.03. The summed E-state index contributed by atoms with van der Waals surface area (Å²) in [6.07, 6.45) is 1.75. The highest BCUT2D eigenvalue weighted by Crippen LogP contribution is 2.26. The highest BCUT2D eigenvalue weighted by Gasteiger charge is 2.23. The molecule has 1 aliphatic heterocycles. The number of hydrogen-bond acceptors (Lipinski definition) is 5. The summed E-state index contributed by atoms with van der Waals surface area (Å²) < 4.78 is 15.7. The van der Waals surface area contributed by atoms with Crippen molar-refractivity contribution in [2.24, 2.45) is 5.41 Å². The highest BCUT2D eigenvalue weighted by molar-refractivity contribution is 5.77. The number of rotatable bonds is 4. The summed E-state index contributed by atoms with van der Waals surface area (Å²) in [5.41, 5.74) is 4.20. The summed E-state index contributed by atoms with van der Waals surface area (Å²) in [6, 6.07) is 9.22. The number of aromatic nitrogens is 3.